The first-order chi connectivity index (χ1) is 7.66. The molecule has 1 aromatic carbocycles. The van der Waals surface area contributed by atoms with Crippen molar-refractivity contribution >= 4 is 5.69 Å². The van der Waals surface area contributed by atoms with E-state index in [2.05, 4.69) is 17.3 Å². The molecule has 0 amide bonds. The van der Waals surface area contributed by atoms with Gasteiger partial charge in [0.25, 0.3) is 0 Å². The Bertz CT molecular complexity index is 368. The highest BCUT2D eigenvalue weighted by Crippen LogP contribution is 2.18. The van der Waals surface area contributed by atoms with Crippen LogP contribution in [0.4, 0.5) is 14.5 Å². The summed E-state index contributed by atoms with van der Waals surface area (Å²) in [5.74, 6) is -0.814. The molecule has 16 heavy (non-hydrogen) atoms. The van der Waals surface area contributed by atoms with E-state index in [0.29, 0.717) is 12.6 Å². The molecule has 1 aromatic rings. The molecule has 0 aromatic heterocycles. The van der Waals surface area contributed by atoms with Crippen molar-refractivity contribution in [3.8, 4) is 0 Å². The highest BCUT2D eigenvalue weighted by atomic mass is 19.1. The predicted molar refractivity (Wildman–Crippen MR) is 60.5 cm³/mol. The summed E-state index contributed by atoms with van der Waals surface area (Å²) >= 11 is 0. The van der Waals surface area contributed by atoms with E-state index >= 15 is 0 Å². The van der Waals surface area contributed by atoms with Crippen LogP contribution in [-0.4, -0.2) is 31.1 Å². The number of anilines is 1. The Hall–Kier alpha value is -1.16. The Kier molecular flexibility index (Phi) is 3.39. The van der Waals surface area contributed by atoms with Gasteiger partial charge in [-0.1, -0.05) is 0 Å². The molecule has 0 bridgehead atoms. The van der Waals surface area contributed by atoms with Gasteiger partial charge < -0.3 is 10.2 Å². The van der Waals surface area contributed by atoms with Crippen molar-refractivity contribution in [2.24, 2.45) is 0 Å². The average molecular weight is 226 g/mol. The van der Waals surface area contributed by atoms with Crippen molar-refractivity contribution in [2.75, 3.05) is 25.5 Å². The lowest BCUT2D eigenvalue weighted by atomic mass is 10.2. The zero-order chi connectivity index (χ0) is 11.5. The van der Waals surface area contributed by atoms with Gasteiger partial charge in [0.2, 0.25) is 0 Å². The molecule has 1 fully saturated rings. The van der Waals surface area contributed by atoms with Gasteiger partial charge in [0, 0.05) is 12.6 Å². The number of nitrogens with one attached hydrogen (secondary N) is 1. The first-order valence-corrected chi connectivity index (χ1v) is 5.56. The molecule has 0 saturated carbocycles. The number of halogens is 2. The van der Waals surface area contributed by atoms with Crippen molar-refractivity contribution in [2.45, 2.75) is 18.9 Å². The van der Waals surface area contributed by atoms with Gasteiger partial charge in [0.05, 0.1) is 5.69 Å². The Balaban J connectivity index is 1.96. The van der Waals surface area contributed by atoms with Crippen molar-refractivity contribution in [1.82, 2.24) is 4.90 Å². The van der Waals surface area contributed by atoms with Crippen molar-refractivity contribution < 1.29 is 8.78 Å². The van der Waals surface area contributed by atoms with Crippen molar-refractivity contribution in [3.05, 3.63) is 29.8 Å². The molecular weight excluding hydrogens is 210 g/mol. The molecule has 88 valence electrons. The molecule has 1 atom stereocenters. The van der Waals surface area contributed by atoms with Crippen LogP contribution in [-0.2, 0) is 0 Å². The van der Waals surface area contributed by atoms with Crippen LogP contribution in [0.1, 0.15) is 12.8 Å². The van der Waals surface area contributed by atoms with Crippen LogP contribution in [0.5, 0.6) is 0 Å². The van der Waals surface area contributed by atoms with E-state index < -0.39 is 11.6 Å². The fourth-order valence-electron chi connectivity index (χ4n) is 2.10. The van der Waals surface area contributed by atoms with E-state index in [1.807, 2.05) is 0 Å². The number of likely N-dealkylation sites (N-methyl/N-ethyl adjacent to an activating group) is 1. The molecule has 1 heterocycles. The third-order valence-electron chi connectivity index (χ3n) is 3.13. The Morgan fingerprint density at radius 2 is 2.25 bits per heavy atom. The highest BCUT2D eigenvalue weighted by Gasteiger charge is 2.20. The third kappa shape index (κ3) is 2.50. The lowest BCUT2D eigenvalue weighted by Gasteiger charge is -2.20. The summed E-state index contributed by atoms with van der Waals surface area (Å²) in [6.45, 7) is 1.74. The molecule has 0 aliphatic carbocycles. The average Bonchev–Trinajstić information content (AvgIpc) is 2.66. The van der Waals surface area contributed by atoms with E-state index in [4.69, 9.17) is 0 Å². The minimum absolute atomic E-state index is 0.250. The zero-order valence-electron chi connectivity index (χ0n) is 9.34. The summed E-state index contributed by atoms with van der Waals surface area (Å²) in [7, 11) is 2.06. The first-order valence-electron chi connectivity index (χ1n) is 5.56. The molecule has 0 spiro atoms. The van der Waals surface area contributed by atoms with Crippen LogP contribution in [0.3, 0.4) is 0 Å². The molecule has 1 aliphatic rings. The summed E-state index contributed by atoms with van der Waals surface area (Å²) in [5.41, 5.74) is 0.250. The summed E-state index contributed by atoms with van der Waals surface area (Å²) in [5, 5.41) is 2.97. The lowest BCUT2D eigenvalue weighted by Crippen LogP contribution is -2.31. The van der Waals surface area contributed by atoms with Gasteiger partial charge in [-0.2, -0.15) is 0 Å². The van der Waals surface area contributed by atoms with Crippen LogP contribution < -0.4 is 5.32 Å². The minimum atomic E-state index is -0.413. The quantitative estimate of drug-likeness (QED) is 0.851. The summed E-state index contributed by atoms with van der Waals surface area (Å²) in [4.78, 5) is 2.24. The second kappa shape index (κ2) is 4.78. The van der Waals surface area contributed by atoms with Gasteiger partial charge in [-0.15, -0.1) is 0 Å². The maximum absolute atomic E-state index is 13.3. The van der Waals surface area contributed by atoms with E-state index in [1.54, 1.807) is 0 Å². The van der Waals surface area contributed by atoms with E-state index in [9.17, 15) is 8.78 Å². The number of hydrogen-bond acceptors (Lipinski definition) is 2. The van der Waals surface area contributed by atoms with Crippen LogP contribution in [0.2, 0.25) is 0 Å². The molecule has 2 nitrogen and oxygen atoms in total. The molecule has 1 aliphatic heterocycles. The van der Waals surface area contributed by atoms with Crippen molar-refractivity contribution in [1.29, 1.82) is 0 Å². The molecule has 1 N–H and O–H groups in total. The molecule has 0 radical (unpaired) electrons. The summed E-state index contributed by atoms with van der Waals surface area (Å²) in [6, 6.07) is 3.89. The smallest absolute Gasteiger partial charge is 0.146 e. The number of nitrogens with zero attached hydrogens (tertiary/aromatic N) is 1. The van der Waals surface area contributed by atoms with E-state index in [0.717, 1.165) is 25.1 Å². The zero-order valence-corrected chi connectivity index (χ0v) is 9.34. The third-order valence-corrected chi connectivity index (χ3v) is 3.13. The fraction of sp³-hybridized carbons (Fsp3) is 0.500. The van der Waals surface area contributed by atoms with E-state index in [1.165, 1.54) is 12.5 Å². The predicted octanol–water partition coefficient (Wildman–Crippen LogP) is 2.47. The van der Waals surface area contributed by atoms with Gasteiger partial charge in [-0.25, -0.2) is 8.78 Å². The maximum atomic E-state index is 13.3. The number of hydrogen-bond donors (Lipinski definition) is 1. The maximum Gasteiger partial charge on any atom is 0.146 e. The normalized spacial score (nSPS) is 21.3. The first kappa shape index (κ1) is 11.3. The monoisotopic (exact) mass is 226 g/mol. The minimum Gasteiger partial charge on any atom is -0.381 e. The standard InChI is InChI=1S/C12H16F2N2/c1-16-6-2-3-10(16)8-15-12-7-9(13)4-5-11(12)14/h4-5,7,10,15H,2-3,6,8H2,1H3. The van der Waals surface area contributed by atoms with Gasteiger partial charge in [0.15, 0.2) is 0 Å². The van der Waals surface area contributed by atoms with Crippen LogP contribution in [0.15, 0.2) is 18.2 Å². The van der Waals surface area contributed by atoms with Gasteiger partial charge in [0.1, 0.15) is 11.6 Å². The van der Waals surface area contributed by atoms with Crippen LogP contribution >= 0.6 is 0 Å². The molecule has 4 heteroatoms. The van der Waals surface area contributed by atoms with Gasteiger partial charge >= 0.3 is 0 Å². The molecular formula is C12H16F2N2. The Labute approximate surface area is 94.3 Å². The number of benzene rings is 1. The van der Waals surface area contributed by atoms with E-state index in [-0.39, 0.29) is 5.69 Å². The summed E-state index contributed by atoms with van der Waals surface area (Å²) < 4.78 is 26.2. The Morgan fingerprint density at radius 1 is 1.44 bits per heavy atom. The molecule has 1 saturated heterocycles. The largest absolute Gasteiger partial charge is 0.381 e. The molecule has 1 unspecified atom stereocenters. The fourth-order valence-corrected chi connectivity index (χ4v) is 2.10. The summed E-state index contributed by atoms with van der Waals surface area (Å²) in [6.07, 6.45) is 2.29. The molecule has 2 rings (SSSR count). The van der Waals surface area contributed by atoms with Crippen LogP contribution in [0.25, 0.3) is 0 Å². The SMILES string of the molecule is CN1CCCC1CNc1cc(F)ccc1F. The number of likely N-dealkylation sites (tertiary alicyclic amines) is 1. The second-order valence-corrected chi connectivity index (χ2v) is 4.28. The Morgan fingerprint density at radius 3 is 2.94 bits per heavy atom. The van der Waals surface area contributed by atoms with Gasteiger partial charge in [-0.05, 0) is 44.6 Å². The topological polar surface area (TPSA) is 15.3 Å². The lowest BCUT2D eigenvalue weighted by molar-refractivity contribution is 0.322. The highest BCUT2D eigenvalue weighted by molar-refractivity contribution is 5.45. The number of rotatable bonds is 3. The van der Waals surface area contributed by atoms with Gasteiger partial charge in [-0.3, -0.25) is 0 Å². The van der Waals surface area contributed by atoms with Crippen molar-refractivity contribution in [3.63, 3.8) is 0 Å². The second-order valence-electron chi connectivity index (χ2n) is 4.28. The van der Waals surface area contributed by atoms with Crippen LogP contribution in [0, 0.1) is 11.6 Å².